The van der Waals surface area contributed by atoms with Gasteiger partial charge in [0.15, 0.2) is 0 Å². The number of aromatic hydroxyl groups is 2. The number of aromatic nitrogens is 1. The van der Waals surface area contributed by atoms with Crippen molar-refractivity contribution >= 4 is 0 Å². The number of aryl methyl sites for hydroxylation is 1. The van der Waals surface area contributed by atoms with Gasteiger partial charge in [-0.2, -0.15) is 0 Å². The fourth-order valence-electron chi connectivity index (χ4n) is 1.78. The maximum atomic E-state index is 9.93. The number of rotatable bonds is 4. The Morgan fingerprint density at radius 3 is 2.61 bits per heavy atom. The van der Waals surface area contributed by atoms with Crippen LogP contribution in [-0.4, -0.2) is 20.3 Å². The first-order valence-electron chi connectivity index (χ1n) is 5.76. The summed E-state index contributed by atoms with van der Waals surface area (Å²) in [6.07, 6.45) is 1.97. The summed E-state index contributed by atoms with van der Waals surface area (Å²) in [6, 6.07) is 9.84. The Morgan fingerprint density at radius 1 is 1.11 bits per heavy atom. The Hall–Kier alpha value is -2.07. The lowest BCUT2D eigenvalue weighted by molar-refractivity contribution is 0.163. The van der Waals surface area contributed by atoms with Crippen molar-refractivity contribution in [2.24, 2.45) is 0 Å². The van der Waals surface area contributed by atoms with Crippen LogP contribution in [-0.2, 0) is 6.42 Å². The maximum absolute atomic E-state index is 9.93. The van der Waals surface area contributed by atoms with E-state index in [9.17, 15) is 15.3 Å². The third-order valence-electron chi connectivity index (χ3n) is 2.79. The van der Waals surface area contributed by atoms with Crippen molar-refractivity contribution in [3.63, 3.8) is 0 Å². The lowest BCUT2D eigenvalue weighted by Gasteiger charge is -2.10. The molecule has 1 atom stereocenters. The van der Waals surface area contributed by atoms with Crippen LogP contribution >= 0.6 is 0 Å². The van der Waals surface area contributed by atoms with Crippen LogP contribution < -0.4 is 0 Å². The highest BCUT2D eigenvalue weighted by Gasteiger charge is 2.10. The first-order valence-corrected chi connectivity index (χ1v) is 5.76. The molecule has 0 aliphatic rings. The van der Waals surface area contributed by atoms with E-state index in [0.29, 0.717) is 24.1 Å². The van der Waals surface area contributed by atoms with Gasteiger partial charge in [-0.25, -0.2) is 0 Å². The summed E-state index contributed by atoms with van der Waals surface area (Å²) < 4.78 is 0. The molecular formula is C14H15NO3. The zero-order valence-corrected chi connectivity index (χ0v) is 9.82. The minimum Gasteiger partial charge on any atom is -0.508 e. The third kappa shape index (κ3) is 2.99. The minimum absolute atomic E-state index is 0.0292. The molecule has 2 aromatic rings. The van der Waals surface area contributed by atoms with Gasteiger partial charge in [-0.3, -0.25) is 4.98 Å². The van der Waals surface area contributed by atoms with Crippen LogP contribution in [0.3, 0.4) is 0 Å². The molecule has 18 heavy (non-hydrogen) atoms. The van der Waals surface area contributed by atoms with Crippen LogP contribution in [0.4, 0.5) is 0 Å². The fourth-order valence-corrected chi connectivity index (χ4v) is 1.78. The topological polar surface area (TPSA) is 73.6 Å². The number of aliphatic hydroxyl groups is 1. The molecule has 1 aromatic carbocycles. The lowest BCUT2D eigenvalue weighted by atomic mass is 10.0. The van der Waals surface area contributed by atoms with E-state index < -0.39 is 6.10 Å². The molecule has 0 spiro atoms. The number of phenolic OH excluding ortho intramolecular Hbond substituents is 2. The first-order chi connectivity index (χ1) is 8.66. The Kier molecular flexibility index (Phi) is 3.79. The Bertz CT molecular complexity index is 514. The zero-order chi connectivity index (χ0) is 13.0. The van der Waals surface area contributed by atoms with Gasteiger partial charge in [-0.1, -0.05) is 12.1 Å². The minimum atomic E-state index is -0.653. The van der Waals surface area contributed by atoms with E-state index in [0.717, 1.165) is 0 Å². The Labute approximate surface area is 105 Å². The van der Waals surface area contributed by atoms with Crippen molar-refractivity contribution in [3.05, 3.63) is 53.9 Å². The van der Waals surface area contributed by atoms with Crippen LogP contribution in [0.1, 0.15) is 23.8 Å². The molecule has 0 radical (unpaired) electrons. The molecule has 2 rings (SSSR count). The maximum Gasteiger partial charge on any atom is 0.122 e. The van der Waals surface area contributed by atoms with E-state index in [2.05, 4.69) is 4.98 Å². The molecule has 0 aliphatic heterocycles. The van der Waals surface area contributed by atoms with Crippen molar-refractivity contribution in [3.8, 4) is 11.5 Å². The molecule has 94 valence electrons. The van der Waals surface area contributed by atoms with Crippen LogP contribution in [0.15, 0.2) is 42.6 Å². The predicted octanol–water partition coefficient (Wildman–Crippen LogP) is 2.16. The summed E-state index contributed by atoms with van der Waals surface area (Å²) in [7, 11) is 0. The highest BCUT2D eigenvalue weighted by molar-refractivity contribution is 5.39. The molecule has 0 saturated carbocycles. The van der Waals surface area contributed by atoms with Crippen LogP contribution in [0.5, 0.6) is 11.5 Å². The normalized spacial score (nSPS) is 12.3. The SMILES string of the molecule is Oc1ccc(CC[C@@H](O)c2ccccn2)c(O)c1. The monoisotopic (exact) mass is 245 g/mol. The summed E-state index contributed by atoms with van der Waals surface area (Å²) in [5.74, 6) is 0.0738. The Balaban J connectivity index is 1.99. The van der Waals surface area contributed by atoms with Gasteiger partial charge < -0.3 is 15.3 Å². The number of benzene rings is 1. The average Bonchev–Trinajstić information content (AvgIpc) is 2.38. The van der Waals surface area contributed by atoms with Crippen LogP contribution in [0, 0.1) is 0 Å². The van der Waals surface area contributed by atoms with E-state index in [1.54, 1.807) is 24.4 Å². The standard InChI is InChI=1S/C14H15NO3/c16-11-6-4-10(14(18)9-11)5-7-13(17)12-3-1-2-8-15-12/h1-4,6,8-9,13,16-18H,5,7H2/t13-/m1/s1. The van der Waals surface area contributed by atoms with E-state index in [1.807, 2.05) is 6.07 Å². The van der Waals surface area contributed by atoms with E-state index in [4.69, 9.17) is 0 Å². The molecule has 0 bridgehead atoms. The smallest absolute Gasteiger partial charge is 0.122 e. The Morgan fingerprint density at radius 2 is 1.94 bits per heavy atom. The van der Waals surface area contributed by atoms with Crippen LogP contribution in [0.2, 0.25) is 0 Å². The molecule has 1 heterocycles. The molecule has 0 unspecified atom stereocenters. The molecule has 4 nitrogen and oxygen atoms in total. The molecule has 0 amide bonds. The van der Waals surface area contributed by atoms with Crippen molar-refractivity contribution in [2.75, 3.05) is 0 Å². The largest absolute Gasteiger partial charge is 0.508 e. The zero-order valence-electron chi connectivity index (χ0n) is 9.82. The summed E-state index contributed by atoms with van der Waals surface area (Å²) in [4.78, 5) is 4.07. The van der Waals surface area contributed by atoms with Crippen molar-refractivity contribution in [2.45, 2.75) is 18.9 Å². The highest BCUT2D eigenvalue weighted by Crippen LogP contribution is 2.25. The number of hydrogen-bond donors (Lipinski definition) is 3. The number of pyridine rings is 1. The fraction of sp³-hybridized carbons (Fsp3) is 0.214. The number of aliphatic hydroxyl groups excluding tert-OH is 1. The first kappa shape index (κ1) is 12.4. The predicted molar refractivity (Wildman–Crippen MR) is 67.3 cm³/mol. The molecule has 0 saturated heterocycles. The van der Waals surface area contributed by atoms with Crippen molar-refractivity contribution in [1.29, 1.82) is 0 Å². The number of phenols is 2. The van der Waals surface area contributed by atoms with Gasteiger partial charge in [0.2, 0.25) is 0 Å². The summed E-state index contributed by atoms with van der Waals surface area (Å²) in [6.45, 7) is 0. The molecular weight excluding hydrogens is 230 g/mol. The molecule has 0 aliphatic carbocycles. The van der Waals surface area contributed by atoms with Gasteiger partial charge in [0.25, 0.3) is 0 Å². The summed E-state index contributed by atoms with van der Waals surface area (Å²) in [5, 5.41) is 28.7. The highest BCUT2D eigenvalue weighted by atomic mass is 16.3. The van der Waals surface area contributed by atoms with Gasteiger partial charge in [-0.15, -0.1) is 0 Å². The van der Waals surface area contributed by atoms with E-state index >= 15 is 0 Å². The van der Waals surface area contributed by atoms with E-state index in [1.165, 1.54) is 12.1 Å². The molecule has 0 fully saturated rings. The van der Waals surface area contributed by atoms with Crippen LogP contribution in [0.25, 0.3) is 0 Å². The van der Waals surface area contributed by atoms with Gasteiger partial charge in [0.05, 0.1) is 11.8 Å². The molecule has 3 N–H and O–H groups in total. The van der Waals surface area contributed by atoms with Gasteiger partial charge in [-0.05, 0) is 36.6 Å². The third-order valence-corrected chi connectivity index (χ3v) is 2.79. The second-order valence-electron chi connectivity index (χ2n) is 4.12. The average molecular weight is 245 g/mol. The quantitative estimate of drug-likeness (QED) is 0.771. The van der Waals surface area contributed by atoms with Gasteiger partial charge >= 0.3 is 0 Å². The molecule has 1 aromatic heterocycles. The second kappa shape index (κ2) is 5.51. The van der Waals surface area contributed by atoms with Crippen molar-refractivity contribution < 1.29 is 15.3 Å². The van der Waals surface area contributed by atoms with E-state index in [-0.39, 0.29) is 11.5 Å². The number of hydrogen-bond acceptors (Lipinski definition) is 4. The lowest BCUT2D eigenvalue weighted by Crippen LogP contribution is -2.01. The summed E-state index contributed by atoms with van der Waals surface area (Å²) >= 11 is 0. The molecule has 4 heteroatoms. The number of nitrogens with zero attached hydrogens (tertiary/aromatic N) is 1. The van der Waals surface area contributed by atoms with Gasteiger partial charge in [0.1, 0.15) is 11.5 Å². The second-order valence-corrected chi connectivity index (χ2v) is 4.12. The van der Waals surface area contributed by atoms with Crippen molar-refractivity contribution in [1.82, 2.24) is 4.98 Å². The summed E-state index contributed by atoms with van der Waals surface area (Å²) in [5.41, 5.74) is 1.32. The van der Waals surface area contributed by atoms with Gasteiger partial charge in [0, 0.05) is 12.3 Å².